The van der Waals surface area contributed by atoms with Crippen molar-refractivity contribution in [2.45, 2.75) is 18.9 Å². The molecule has 0 spiro atoms. The van der Waals surface area contributed by atoms with Crippen LogP contribution in [0.25, 0.3) is 0 Å². The Bertz CT molecular complexity index is 347. The number of halogens is 1. The number of hydrogen-bond donors (Lipinski definition) is 2. The first kappa shape index (κ1) is 11.1. The van der Waals surface area contributed by atoms with E-state index in [1.54, 1.807) is 0 Å². The second-order valence-corrected chi connectivity index (χ2v) is 5.47. The summed E-state index contributed by atoms with van der Waals surface area (Å²) in [7, 11) is 0. The van der Waals surface area contributed by atoms with Crippen LogP contribution in [-0.4, -0.2) is 25.0 Å². The van der Waals surface area contributed by atoms with E-state index in [2.05, 4.69) is 26.6 Å². The number of nitrogens with one attached hydrogen (secondary N) is 2. The Morgan fingerprint density at radius 3 is 3.13 bits per heavy atom. The van der Waals surface area contributed by atoms with Gasteiger partial charge >= 0.3 is 0 Å². The predicted octanol–water partition coefficient (Wildman–Crippen LogP) is 1.99. The fourth-order valence-electron chi connectivity index (χ4n) is 1.66. The summed E-state index contributed by atoms with van der Waals surface area (Å²) in [5.41, 5.74) is 0. The van der Waals surface area contributed by atoms with Crippen molar-refractivity contribution >= 4 is 33.2 Å². The fraction of sp³-hybridized carbons (Fsp3) is 0.500. The molecule has 2 heterocycles. The van der Waals surface area contributed by atoms with Crippen LogP contribution in [0, 0.1) is 0 Å². The molecular weight excluding hydrogens is 276 g/mol. The summed E-state index contributed by atoms with van der Waals surface area (Å²) in [6, 6.07) is 2.14. The molecule has 1 aliphatic rings. The number of rotatable bonds is 2. The second kappa shape index (κ2) is 5.09. The maximum atomic E-state index is 11.8. The lowest BCUT2D eigenvalue weighted by Crippen LogP contribution is -2.45. The van der Waals surface area contributed by atoms with Gasteiger partial charge < -0.3 is 10.6 Å². The van der Waals surface area contributed by atoms with E-state index < -0.39 is 0 Å². The minimum atomic E-state index is 0.0411. The molecule has 0 aliphatic carbocycles. The molecule has 0 unspecified atom stereocenters. The molecule has 1 fully saturated rings. The molecule has 82 valence electrons. The van der Waals surface area contributed by atoms with E-state index >= 15 is 0 Å². The van der Waals surface area contributed by atoms with Gasteiger partial charge in [0.1, 0.15) is 0 Å². The molecule has 1 atom stereocenters. The molecule has 1 aromatic rings. The van der Waals surface area contributed by atoms with E-state index in [1.165, 1.54) is 11.3 Å². The van der Waals surface area contributed by atoms with Crippen molar-refractivity contribution < 1.29 is 4.79 Å². The van der Waals surface area contributed by atoms with Crippen molar-refractivity contribution in [3.63, 3.8) is 0 Å². The minimum Gasteiger partial charge on any atom is -0.347 e. The van der Waals surface area contributed by atoms with Crippen LogP contribution >= 0.6 is 27.3 Å². The largest absolute Gasteiger partial charge is 0.347 e. The summed E-state index contributed by atoms with van der Waals surface area (Å²) in [6.07, 6.45) is 2.21. The highest BCUT2D eigenvalue weighted by atomic mass is 79.9. The Kier molecular flexibility index (Phi) is 3.77. The van der Waals surface area contributed by atoms with Crippen molar-refractivity contribution in [3.8, 4) is 0 Å². The van der Waals surface area contributed by atoms with Crippen LogP contribution in [0.2, 0.25) is 0 Å². The van der Waals surface area contributed by atoms with Gasteiger partial charge in [-0.15, -0.1) is 11.3 Å². The Morgan fingerprint density at radius 2 is 2.53 bits per heavy atom. The van der Waals surface area contributed by atoms with Crippen molar-refractivity contribution in [3.05, 3.63) is 20.8 Å². The molecule has 1 aromatic heterocycles. The summed E-state index contributed by atoms with van der Waals surface area (Å²) >= 11 is 4.81. The van der Waals surface area contributed by atoms with Crippen LogP contribution in [0.1, 0.15) is 22.5 Å². The van der Waals surface area contributed by atoms with E-state index in [9.17, 15) is 4.79 Å². The molecule has 0 saturated carbocycles. The lowest BCUT2D eigenvalue weighted by Gasteiger charge is -2.23. The summed E-state index contributed by atoms with van der Waals surface area (Å²) in [6.45, 7) is 1.95. The number of carbonyl (C=O) groups excluding carboxylic acids is 1. The Morgan fingerprint density at radius 1 is 1.67 bits per heavy atom. The molecule has 1 aliphatic heterocycles. The standard InChI is InChI=1S/C10H13BrN2OS/c11-7-4-9(15-6-7)10(14)13-8-2-1-3-12-5-8/h4,6,8,12H,1-3,5H2,(H,13,14)/t8-/m1/s1. The van der Waals surface area contributed by atoms with Gasteiger partial charge in [-0.25, -0.2) is 0 Å². The zero-order valence-electron chi connectivity index (χ0n) is 8.25. The Balaban J connectivity index is 1.91. The highest BCUT2D eigenvalue weighted by Gasteiger charge is 2.16. The van der Waals surface area contributed by atoms with Crippen LogP contribution in [0.15, 0.2) is 15.9 Å². The van der Waals surface area contributed by atoms with E-state index in [-0.39, 0.29) is 11.9 Å². The van der Waals surface area contributed by atoms with Gasteiger partial charge in [0.05, 0.1) is 4.88 Å². The fourth-order valence-corrected chi connectivity index (χ4v) is 2.99. The summed E-state index contributed by atoms with van der Waals surface area (Å²) in [4.78, 5) is 12.5. The quantitative estimate of drug-likeness (QED) is 0.874. The molecule has 3 nitrogen and oxygen atoms in total. The number of hydrogen-bond acceptors (Lipinski definition) is 3. The monoisotopic (exact) mass is 288 g/mol. The van der Waals surface area contributed by atoms with Crippen LogP contribution in [-0.2, 0) is 0 Å². The third kappa shape index (κ3) is 3.03. The average Bonchev–Trinajstić information content (AvgIpc) is 2.66. The molecule has 2 N–H and O–H groups in total. The van der Waals surface area contributed by atoms with Crippen molar-refractivity contribution in [2.75, 3.05) is 13.1 Å². The molecule has 15 heavy (non-hydrogen) atoms. The molecule has 1 saturated heterocycles. The van der Waals surface area contributed by atoms with Crippen LogP contribution in [0.5, 0.6) is 0 Å². The summed E-state index contributed by atoms with van der Waals surface area (Å²) < 4.78 is 0.972. The molecule has 1 amide bonds. The zero-order valence-corrected chi connectivity index (χ0v) is 10.7. The summed E-state index contributed by atoms with van der Waals surface area (Å²) in [5.74, 6) is 0.0411. The molecule has 5 heteroatoms. The maximum Gasteiger partial charge on any atom is 0.261 e. The van der Waals surface area contributed by atoms with E-state index in [1.807, 2.05) is 11.4 Å². The van der Waals surface area contributed by atoms with Gasteiger partial charge in [0.15, 0.2) is 0 Å². The van der Waals surface area contributed by atoms with Gasteiger partial charge in [0, 0.05) is 22.4 Å². The lowest BCUT2D eigenvalue weighted by molar-refractivity contribution is 0.0935. The molecule has 2 rings (SSSR count). The van der Waals surface area contributed by atoms with Gasteiger partial charge in [-0.3, -0.25) is 4.79 Å². The van der Waals surface area contributed by atoms with E-state index in [0.717, 1.165) is 35.3 Å². The van der Waals surface area contributed by atoms with Gasteiger partial charge in [0.2, 0.25) is 0 Å². The number of amides is 1. The molecule has 0 aromatic carbocycles. The smallest absolute Gasteiger partial charge is 0.261 e. The van der Waals surface area contributed by atoms with E-state index in [4.69, 9.17) is 0 Å². The van der Waals surface area contributed by atoms with Crippen molar-refractivity contribution in [2.24, 2.45) is 0 Å². The predicted molar refractivity (Wildman–Crippen MR) is 65.4 cm³/mol. The number of thiophene rings is 1. The SMILES string of the molecule is O=C(N[C@@H]1CCCNC1)c1cc(Br)cs1. The van der Waals surface area contributed by atoms with Crippen molar-refractivity contribution in [1.82, 2.24) is 10.6 Å². The molecule has 0 radical (unpaired) electrons. The van der Waals surface area contributed by atoms with Gasteiger partial charge in [-0.05, 0) is 41.4 Å². The van der Waals surface area contributed by atoms with Gasteiger partial charge in [-0.2, -0.15) is 0 Å². The van der Waals surface area contributed by atoms with Gasteiger partial charge in [0.25, 0.3) is 5.91 Å². The topological polar surface area (TPSA) is 41.1 Å². The van der Waals surface area contributed by atoms with Gasteiger partial charge in [-0.1, -0.05) is 0 Å². The highest BCUT2D eigenvalue weighted by Crippen LogP contribution is 2.19. The van der Waals surface area contributed by atoms with Crippen LogP contribution in [0.4, 0.5) is 0 Å². The average molecular weight is 289 g/mol. The Hall–Kier alpha value is -0.390. The van der Waals surface area contributed by atoms with Crippen LogP contribution in [0.3, 0.4) is 0 Å². The zero-order chi connectivity index (χ0) is 10.7. The first-order valence-corrected chi connectivity index (χ1v) is 6.68. The first-order valence-electron chi connectivity index (χ1n) is 5.01. The Labute approximate surface area is 101 Å². The summed E-state index contributed by atoms with van der Waals surface area (Å²) in [5, 5.41) is 8.24. The number of piperidine rings is 1. The van der Waals surface area contributed by atoms with Crippen molar-refractivity contribution in [1.29, 1.82) is 0 Å². The van der Waals surface area contributed by atoms with E-state index in [0.29, 0.717) is 0 Å². The number of carbonyl (C=O) groups is 1. The second-order valence-electron chi connectivity index (χ2n) is 3.65. The molecule has 0 bridgehead atoms. The molecular formula is C10H13BrN2OS. The maximum absolute atomic E-state index is 11.8. The third-order valence-electron chi connectivity index (χ3n) is 2.42. The third-order valence-corrected chi connectivity index (χ3v) is 4.11. The van der Waals surface area contributed by atoms with Crippen LogP contribution < -0.4 is 10.6 Å². The lowest BCUT2D eigenvalue weighted by atomic mass is 10.1. The normalized spacial score (nSPS) is 21.3. The highest BCUT2D eigenvalue weighted by molar-refractivity contribution is 9.10. The minimum absolute atomic E-state index is 0.0411. The first-order chi connectivity index (χ1) is 7.25.